The van der Waals surface area contributed by atoms with Crippen LogP contribution in [0.15, 0.2) is 58.4 Å². The number of aromatic nitrogens is 1. The first-order chi connectivity index (χ1) is 12.4. The lowest BCUT2D eigenvalue weighted by Crippen LogP contribution is -2.16. The molecule has 0 fully saturated rings. The van der Waals surface area contributed by atoms with Gasteiger partial charge < -0.3 is 10.3 Å². The molecule has 2 aromatic carbocycles. The van der Waals surface area contributed by atoms with Crippen LogP contribution in [-0.4, -0.2) is 10.3 Å². The first-order valence-electron chi connectivity index (χ1n) is 8.04. The molecule has 0 spiro atoms. The predicted octanol–water partition coefficient (Wildman–Crippen LogP) is 3.78. The fourth-order valence-electron chi connectivity index (χ4n) is 3.15. The molecule has 0 radical (unpaired) electrons. The highest BCUT2D eigenvalue weighted by Gasteiger charge is 2.21. The van der Waals surface area contributed by atoms with Crippen molar-refractivity contribution in [3.05, 3.63) is 86.5 Å². The van der Waals surface area contributed by atoms with Crippen molar-refractivity contribution in [1.82, 2.24) is 4.57 Å². The van der Waals surface area contributed by atoms with Crippen LogP contribution in [-0.2, 0) is 13.6 Å². The maximum absolute atomic E-state index is 13.3. The number of hydrogen-bond acceptors (Lipinski definition) is 3. The Hall–Kier alpha value is -2.92. The molecule has 2 N–H and O–H groups in total. The maximum atomic E-state index is 13.3. The van der Waals surface area contributed by atoms with Gasteiger partial charge in [0.25, 0.3) is 5.56 Å². The van der Waals surface area contributed by atoms with Gasteiger partial charge in [0.05, 0.1) is 23.0 Å². The fourth-order valence-corrected chi connectivity index (χ4v) is 3.32. The van der Waals surface area contributed by atoms with E-state index in [0.717, 1.165) is 27.8 Å². The molecule has 0 atom stereocenters. The first-order valence-corrected chi connectivity index (χ1v) is 8.41. The Kier molecular flexibility index (Phi) is 3.89. The van der Waals surface area contributed by atoms with Gasteiger partial charge in [0.1, 0.15) is 5.82 Å². The maximum Gasteiger partial charge on any atom is 0.250 e. The van der Waals surface area contributed by atoms with Crippen LogP contribution in [0, 0.1) is 5.82 Å². The molecule has 0 unspecified atom stereocenters. The second-order valence-electron chi connectivity index (χ2n) is 6.25. The molecule has 4 rings (SSSR count). The van der Waals surface area contributed by atoms with Crippen LogP contribution < -0.4 is 11.3 Å². The lowest BCUT2D eigenvalue weighted by molar-refractivity contribution is 0.628. The van der Waals surface area contributed by atoms with E-state index in [2.05, 4.69) is 0 Å². The van der Waals surface area contributed by atoms with Crippen LogP contribution in [0.5, 0.6) is 0 Å². The van der Waals surface area contributed by atoms with E-state index in [1.165, 1.54) is 16.7 Å². The van der Waals surface area contributed by atoms with E-state index in [1.54, 1.807) is 43.6 Å². The highest BCUT2D eigenvalue weighted by molar-refractivity contribution is 6.34. The van der Waals surface area contributed by atoms with Crippen molar-refractivity contribution in [2.75, 3.05) is 5.73 Å². The average molecular weight is 368 g/mol. The van der Waals surface area contributed by atoms with Gasteiger partial charge in [-0.3, -0.25) is 9.79 Å². The van der Waals surface area contributed by atoms with Gasteiger partial charge in [-0.25, -0.2) is 4.39 Å². The molecule has 130 valence electrons. The standard InChI is InChI=1S/C20H15ClFN3O/c1-25-10-16-12(6-19(25)26)9-24-20(11-2-4-13(22)5-3-11)15-7-17(21)18(23)8-14(15)16/h2-8,10H,9,23H2,1H3. The molecular weight excluding hydrogens is 353 g/mol. The summed E-state index contributed by atoms with van der Waals surface area (Å²) in [6.45, 7) is 0.338. The van der Waals surface area contributed by atoms with Crippen LogP contribution in [0.3, 0.4) is 0 Å². The minimum absolute atomic E-state index is 0.104. The molecule has 1 aliphatic rings. The van der Waals surface area contributed by atoms with E-state index in [-0.39, 0.29) is 11.4 Å². The van der Waals surface area contributed by atoms with E-state index in [4.69, 9.17) is 22.3 Å². The molecule has 1 aromatic heterocycles. The van der Waals surface area contributed by atoms with Gasteiger partial charge in [-0.15, -0.1) is 0 Å². The predicted molar refractivity (Wildman–Crippen MR) is 102 cm³/mol. The minimum Gasteiger partial charge on any atom is -0.398 e. The van der Waals surface area contributed by atoms with E-state index in [0.29, 0.717) is 23.0 Å². The summed E-state index contributed by atoms with van der Waals surface area (Å²) in [5.41, 5.74) is 11.2. The lowest BCUT2D eigenvalue weighted by atomic mass is 9.92. The topological polar surface area (TPSA) is 60.4 Å². The summed E-state index contributed by atoms with van der Waals surface area (Å²) in [5, 5.41) is 0.423. The van der Waals surface area contributed by atoms with E-state index in [9.17, 15) is 9.18 Å². The smallest absolute Gasteiger partial charge is 0.250 e. The third kappa shape index (κ3) is 2.70. The number of halogens is 2. The Bertz CT molecular complexity index is 1120. The minimum atomic E-state index is -0.315. The van der Waals surface area contributed by atoms with Crippen LogP contribution in [0.4, 0.5) is 10.1 Å². The molecule has 0 saturated heterocycles. The molecule has 0 bridgehead atoms. The molecular formula is C20H15ClFN3O. The van der Waals surface area contributed by atoms with Gasteiger partial charge in [0.15, 0.2) is 0 Å². The zero-order valence-corrected chi connectivity index (χ0v) is 14.7. The summed E-state index contributed by atoms with van der Waals surface area (Å²) >= 11 is 6.27. The van der Waals surface area contributed by atoms with Crippen LogP contribution in [0.25, 0.3) is 11.1 Å². The molecule has 3 aromatic rings. The van der Waals surface area contributed by atoms with Crippen molar-refractivity contribution in [3.8, 4) is 11.1 Å². The van der Waals surface area contributed by atoms with Crippen molar-refractivity contribution >= 4 is 23.0 Å². The van der Waals surface area contributed by atoms with Crippen molar-refractivity contribution in [3.63, 3.8) is 0 Å². The summed E-state index contributed by atoms with van der Waals surface area (Å²) in [7, 11) is 1.70. The molecule has 0 aliphatic carbocycles. The Morgan fingerprint density at radius 1 is 1.12 bits per heavy atom. The zero-order chi connectivity index (χ0) is 18.4. The molecule has 1 aliphatic heterocycles. The second-order valence-corrected chi connectivity index (χ2v) is 6.66. The molecule has 4 nitrogen and oxygen atoms in total. The number of aliphatic imine (C=N–C) groups is 1. The summed E-state index contributed by atoms with van der Waals surface area (Å²) < 4.78 is 14.9. The van der Waals surface area contributed by atoms with Crippen molar-refractivity contribution < 1.29 is 4.39 Å². The highest BCUT2D eigenvalue weighted by Crippen LogP contribution is 2.36. The number of anilines is 1. The monoisotopic (exact) mass is 367 g/mol. The van der Waals surface area contributed by atoms with Crippen LogP contribution in [0.2, 0.25) is 5.02 Å². The number of hydrogen-bond donors (Lipinski definition) is 1. The van der Waals surface area contributed by atoms with Crippen molar-refractivity contribution in [2.45, 2.75) is 6.54 Å². The fraction of sp³-hybridized carbons (Fsp3) is 0.100. The number of benzene rings is 2. The van der Waals surface area contributed by atoms with E-state index < -0.39 is 0 Å². The normalized spacial score (nSPS) is 12.8. The number of fused-ring (bicyclic) bond motifs is 3. The Morgan fingerprint density at radius 2 is 1.85 bits per heavy atom. The quantitative estimate of drug-likeness (QED) is 0.665. The third-order valence-corrected chi connectivity index (χ3v) is 4.85. The zero-order valence-electron chi connectivity index (χ0n) is 14.0. The number of pyridine rings is 1. The molecule has 0 amide bonds. The highest BCUT2D eigenvalue weighted by atomic mass is 35.5. The van der Waals surface area contributed by atoms with Crippen molar-refractivity contribution in [1.29, 1.82) is 0 Å². The largest absolute Gasteiger partial charge is 0.398 e. The number of nitrogen functional groups attached to an aromatic ring is 1. The number of rotatable bonds is 1. The number of aryl methyl sites for hydroxylation is 1. The van der Waals surface area contributed by atoms with Gasteiger partial charge in [-0.1, -0.05) is 11.6 Å². The molecule has 2 heterocycles. The summed E-state index contributed by atoms with van der Waals surface area (Å²) in [6, 6.07) is 11.3. The Morgan fingerprint density at radius 3 is 2.58 bits per heavy atom. The Balaban J connectivity index is 2.03. The number of nitrogens with two attached hydrogens (primary N) is 1. The van der Waals surface area contributed by atoms with E-state index in [1.807, 2.05) is 0 Å². The Labute approximate surface area is 154 Å². The average Bonchev–Trinajstić information content (AvgIpc) is 2.75. The van der Waals surface area contributed by atoms with Crippen LogP contribution >= 0.6 is 11.6 Å². The van der Waals surface area contributed by atoms with Gasteiger partial charge in [-0.2, -0.15) is 0 Å². The van der Waals surface area contributed by atoms with E-state index >= 15 is 0 Å². The van der Waals surface area contributed by atoms with Crippen molar-refractivity contribution in [2.24, 2.45) is 12.0 Å². The molecule has 0 saturated carbocycles. The molecule has 26 heavy (non-hydrogen) atoms. The SMILES string of the molecule is Cn1cc2c(cc1=O)CN=C(c1ccc(F)cc1)c1cc(Cl)c(N)cc1-2. The molecule has 6 heteroatoms. The summed E-state index contributed by atoms with van der Waals surface area (Å²) in [6.07, 6.45) is 1.78. The van der Waals surface area contributed by atoms with Gasteiger partial charge >= 0.3 is 0 Å². The van der Waals surface area contributed by atoms with Gasteiger partial charge in [0.2, 0.25) is 0 Å². The third-order valence-electron chi connectivity index (χ3n) is 4.52. The number of nitrogens with zero attached hydrogens (tertiary/aromatic N) is 2. The summed E-state index contributed by atoms with van der Waals surface area (Å²) in [4.78, 5) is 16.7. The second kappa shape index (κ2) is 6.11. The van der Waals surface area contributed by atoms with Gasteiger partial charge in [0, 0.05) is 36.0 Å². The summed E-state index contributed by atoms with van der Waals surface area (Å²) in [5.74, 6) is -0.315. The lowest BCUT2D eigenvalue weighted by Gasteiger charge is -2.14. The van der Waals surface area contributed by atoms with Gasteiger partial charge in [-0.05, 0) is 47.5 Å². The van der Waals surface area contributed by atoms with Crippen LogP contribution in [0.1, 0.15) is 16.7 Å². The first kappa shape index (κ1) is 16.5.